The quantitative estimate of drug-likeness (QED) is 0.324. The van der Waals surface area contributed by atoms with E-state index in [4.69, 9.17) is 0 Å². The summed E-state index contributed by atoms with van der Waals surface area (Å²) in [6.45, 7) is 2.18. The Kier molecular flexibility index (Phi) is 8.68. The summed E-state index contributed by atoms with van der Waals surface area (Å²) in [6, 6.07) is 9.87. The van der Waals surface area contributed by atoms with Crippen LogP contribution in [-0.2, 0) is 6.42 Å². The first-order chi connectivity index (χ1) is 9.74. The SMILES string of the molecule is CCCCCCCC(CCCc1ccccc1)[N+](=O)[O-]. The van der Waals surface area contributed by atoms with Crippen LogP contribution in [0, 0.1) is 10.1 Å². The van der Waals surface area contributed by atoms with Crippen molar-refractivity contribution in [2.24, 2.45) is 0 Å². The van der Waals surface area contributed by atoms with Crippen LogP contribution in [0.1, 0.15) is 63.9 Å². The molecule has 1 atom stereocenters. The van der Waals surface area contributed by atoms with Gasteiger partial charge >= 0.3 is 0 Å². The second-order valence-electron chi connectivity index (χ2n) is 5.52. The lowest BCUT2D eigenvalue weighted by atomic mass is 10.0. The van der Waals surface area contributed by atoms with E-state index >= 15 is 0 Å². The smallest absolute Gasteiger partial charge is 0.213 e. The second-order valence-corrected chi connectivity index (χ2v) is 5.52. The van der Waals surface area contributed by atoms with Crippen LogP contribution in [0.2, 0.25) is 0 Å². The van der Waals surface area contributed by atoms with Gasteiger partial charge in [-0.05, 0) is 24.8 Å². The molecule has 1 unspecified atom stereocenters. The van der Waals surface area contributed by atoms with Crippen molar-refractivity contribution in [1.82, 2.24) is 0 Å². The number of nitro groups is 1. The Bertz CT molecular complexity index is 365. The molecular weight excluding hydrogens is 250 g/mol. The van der Waals surface area contributed by atoms with Crippen molar-refractivity contribution < 1.29 is 4.92 Å². The van der Waals surface area contributed by atoms with Gasteiger partial charge in [0.15, 0.2) is 0 Å². The molecule has 3 heteroatoms. The highest BCUT2D eigenvalue weighted by molar-refractivity contribution is 5.14. The van der Waals surface area contributed by atoms with Crippen molar-refractivity contribution in [3.8, 4) is 0 Å². The third-order valence-corrected chi connectivity index (χ3v) is 3.78. The maximum absolute atomic E-state index is 11.1. The average molecular weight is 277 g/mol. The van der Waals surface area contributed by atoms with E-state index < -0.39 is 0 Å². The van der Waals surface area contributed by atoms with E-state index in [1.807, 2.05) is 18.2 Å². The summed E-state index contributed by atoms with van der Waals surface area (Å²) in [7, 11) is 0. The molecule has 0 aromatic heterocycles. The normalized spacial score (nSPS) is 12.2. The van der Waals surface area contributed by atoms with Crippen LogP contribution < -0.4 is 0 Å². The standard InChI is InChI=1S/C17H27NO2/c1-2-3-4-5-9-14-17(18(19)20)15-10-13-16-11-7-6-8-12-16/h6-8,11-12,17H,2-5,9-10,13-15H2,1H3. The Morgan fingerprint density at radius 1 is 1.00 bits per heavy atom. The van der Waals surface area contributed by atoms with Gasteiger partial charge in [-0.3, -0.25) is 10.1 Å². The molecule has 20 heavy (non-hydrogen) atoms. The van der Waals surface area contributed by atoms with E-state index in [1.165, 1.54) is 24.8 Å². The van der Waals surface area contributed by atoms with Crippen molar-refractivity contribution in [3.05, 3.63) is 46.0 Å². The minimum absolute atomic E-state index is 0.0786. The molecule has 3 nitrogen and oxygen atoms in total. The van der Waals surface area contributed by atoms with E-state index in [0.717, 1.165) is 32.1 Å². The zero-order valence-electron chi connectivity index (χ0n) is 12.6. The van der Waals surface area contributed by atoms with E-state index in [0.29, 0.717) is 6.42 Å². The number of hydrogen-bond acceptors (Lipinski definition) is 2. The molecule has 0 spiro atoms. The lowest BCUT2D eigenvalue weighted by Crippen LogP contribution is -2.19. The van der Waals surface area contributed by atoms with E-state index in [1.54, 1.807) is 0 Å². The molecule has 112 valence electrons. The number of unbranched alkanes of at least 4 members (excludes halogenated alkanes) is 4. The van der Waals surface area contributed by atoms with Gasteiger partial charge < -0.3 is 0 Å². The molecule has 0 amide bonds. The molecule has 0 saturated heterocycles. The highest BCUT2D eigenvalue weighted by atomic mass is 16.6. The van der Waals surface area contributed by atoms with E-state index in [9.17, 15) is 10.1 Å². The minimum Gasteiger partial charge on any atom is -0.264 e. The molecule has 0 aliphatic carbocycles. The predicted molar refractivity (Wildman–Crippen MR) is 83.5 cm³/mol. The summed E-state index contributed by atoms with van der Waals surface area (Å²) < 4.78 is 0. The van der Waals surface area contributed by atoms with Gasteiger partial charge in [-0.15, -0.1) is 0 Å². The van der Waals surface area contributed by atoms with Crippen LogP contribution in [0.4, 0.5) is 0 Å². The van der Waals surface area contributed by atoms with Crippen LogP contribution in [0.5, 0.6) is 0 Å². The molecule has 1 aromatic carbocycles. The lowest BCUT2D eigenvalue weighted by Gasteiger charge is -2.09. The number of rotatable bonds is 11. The monoisotopic (exact) mass is 277 g/mol. The highest BCUT2D eigenvalue weighted by Crippen LogP contribution is 2.14. The molecule has 0 N–H and O–H groups in total. The van der Waals surface area contributed by atoms with Gasteiger partial charge in [0.1, 0.15) is 0 Å². The van der Waals surface area contributed by atoms with Crippen LogP contribution >= 0.6 is 0 Å². The molecule has 0 aliphatic heterocycles. The summed E-state index contributed by atoms with van der Waals surface area (Å²) in [5.41, 5.74) is 1.28. The molecule has 0 fully saturated rings. The maximum Gasteiger partial charge on any atom is 0.213 e. The molecule has 1 rings (SSSR count). The van der Waals surface area contributed by atoms with E-state index in [-0.39, 0.29) is 11.0 Å². The van der Waals surface area contributed by atoms with Crippen molar-refractivity contribution in [2.75, 3.05) is 0 Å². The van der Waals surface area contributed by atoms with Crippen molar-refractivity contribution >= 4 is 0 Å². The number of benzene rings is 1. The summed E-state index contributed by atoms with van der Waals surface area (Å²) in [6.07, 6.45) is 9.11. The lowest BCUT2D eigenvalue weighted by molar-refractivity contribution is -0.524. The highest BCUT2D eigenvalue weighted by Gasteiger charge is 2.18. The Labute approximate surface area is 122 Å². The topological polar surface area (TPSA) is 43.1 Å². The summed E-state index contributed by atoms with van der Waals surface area (Å²) in [5, 5.41) is 11.1. The maximum atomic E-state index is 11.1. The summed E-state index contributed by atoms with van der Waals surface area (Å²) >= 11 is 0. The predicted octanol–water partition coefficient (Wildman–Crippen LogP) is 5.02. The van der Waals surface area contributed by atoms with Gasteiger partial charge in [0.2, 0.25) is 6.04 Å². The van der Waals surface area contributed by atoms with Crippen molar-refractivity contribution in [2.45, 2.75) is 70.8 Å². The first kappa shape index (κ1) is 16.7. The number of nitrogens with zero attached hydrogens (tertiary/aromatic N) is 1. The Morgan fingerprint density at radius 3 is 2.30 bits per heavy atom. The zero-order valence-corrected chi connectivity index (χ0v) is 12.6. The average Bonchev–Trinajstić information content (AvgIpc) is 2.46. The first-order valence-electron chi connectivity index (χ1n) is 7.91. The summed E-state index contributed by atoms with van der Waals surface area (Å²) in [5.74, 6) is 0. The molecule has 1 aromatic rings. The van der Waals surface area contributed by atoms with E-state index in [2.05, 4.69) is 19.1 Å². The van der Waals surface area contributed by atoms with Gasteiger partial charge in [-0.25, -0.2) is 0 Å². The fourth-order valence-corrected chi connectivity index (χ4v) is 2.53. The third-order valence-electron chi connectivity index (χ3n) is 3.78. The molecule has 0 aliphatic rings. The minimum atomic E-state index is -0.347. The van der Waals surface area contributed by atoms with Gasteiger partial charge in [0, 0.05) is 17.8 Å². The molecular formula is C17H27NO2. The van der Waals surface area contributed by atoms with Crippen LogP contribution in [0.3, 0.4) is 0 Å². The molecule has 0 heterocycles. The third kappa shape index (κ3) is 7.27. The van der Waals surface area contributed by atoms with Gasteiger partial charge in [-0.2, -0.15) is 0 Å². The van der Waals surface area contributed by atoms with Crippen LogP contribution in [0.25, 0.3) is 0 Å². The van der Waals surface area contributed by atoms with Crippen LogP contribution in [-0.4, -0.2) is 11.0 Å². The molecule has 0 bridgehead atoms. The zero-order chi connectivity index (χ0) is 14.6. The molecule has 0 saturated carbocycles. The summed E-state index contributed by atoms with van der Waals surface area (Å²) in [4.78, 5) is 11.0. The Morgan fingerprint density at radius 2 is 1.65 bits per heavy atom. The van der Waals surface area contributed by atoms with Crippen molar-refractivity contribution in [1.29, 1.82) is 0 Å². The largest absolute Gasteiger partial charge is 0.264 e. The molecule has 0 radical (unpaired) electrons. The Balaban J connectivity index is 2.20. The fourth-order valence-electron chi connectivity index (χ4n) is 2.53. The Hall–Kier alpha value is -1.38. The fraction of sp³-hybridized carbons (Fsp3) is 0.647. The first-order valence-corrected chi connectivity index (χ1v) is 7.91. The van der Waals surface area contributed by atoms with Gasteiger partial charge in [0.25, 0.3) is 0 Å². The van der Waals surface area contributed by atoms with Gasteiger partial charge in [0.05, 0.1) is 0 Å². The second kappa shape index (κ2) is 10.4. The number of aryl methyl sites for hydroxylation is 1. The number of hydrogen-bond donors (Lipinski definition) is 0. The van der Waals surface area contributed by atoms with Gasteiger partial charge in [-0.1, -0.05) is 62.9 Å². The van der Waals surface area contributed by atoms with Crippen molar-refractivity contribution in [3.63, 3.8) is 0 Å². The van der Waals surface area contributed by atoms with Crippen LogP contribution in [0.15, 0.2) is 30.3 Å².